The minimum atomic E-state index is -0.102. The molecule has 0 aliphatic heterocycles. The Balaban J connectivity index is 2.72. The smallest absolute Gasteiger partial charge is 0.272 e. The first-order chi connectivity index (χ1) is 8.08. The molecule has 1 heterocycles. The predicted octanol–water partition coefficient (Wildman–Crippen LogP) is 2.07. The van der Waals surface area contributed by atoms with Gasteiger partial charge in [0, 0.05) is 19.8 Å². The van der Waals surface area contributed by atoms with Gasteiger partial charge >= 0.3 is 0 Å². The summed E-state index contributed by atoms with van der Waals surface area (Å²) in [6.45, 7) is 4.93. The van der Waals surface area contributed by atoms with Crippen LogP contribution in [-0.2, 0) is 0 Å². The summed E-state index contributed by atoms with van der Waals surface area (Å²) in [5, 5.41) is 8.64. The van der Waals surface area contributed by atoms with E-state index < -0.39 is 0 Å². The first-order valence-electron chi connectivity index (χ1n) is 5.70. The average molecular weight is 231 g/mol. The molecule has 4 nitrogen and oxygen atoms in total. The lowest BCUT2D eigenvalue weighted by Crippen LogP contribution is -2.31. The highest BCUT2D eigenvalue weighted by molar-refractivity contribution is 5.92. The molecule has 17 heavy (non-hydrogen) atoms. The maximum Gasteiger partial charge on any atom is 0.272 e. The second kappa shape index (κ2) is 6.00. The van der Waals surface area contributed by atoms with E-state index in [2.05, 4.69) is 18.8 Å². The van der Waals surface area contributed by atoms with Crippen LogP contribution in [-0.4, -0.2) is 29.4 Å². The minimum Gasteiger partial charge on any atom is -0.340 e. The highest BCUT2D eigenvalue weighted by Crippen LogP contribution is 2.07. The molecular weight excluding hydrogens is 214 g/mol. The van der Waals surface area contributed by atoms with Gasteiger partial charge in [0.15, 0.2) is 0 Å². The van der Waals surface area contributed by atoms with Crippen LogP contribution in [0, 0.1) is 17.2 Å². The standard InChI is InChI=1S/C13H17N3O/c1-4-10(2)9-16(3)13(17)12-6-5-11(7-14)8-15-12/h5-6,8,10H,4,9H2,1-3H3. The molecule has 0 aromatic carbocycles. The lowest BCUT2D eigenvalue weighted by Gasteiger charge is -2.20. The maximum absolute atomic E-state index is 12.0. The highest BCUT2D eigenvalue weighted by Gasteiger charge is 2.14. The summed E-state index contributed by atoms with van der Waals surface area (Å²) in [7, 11) is 1.77. The van der Waals surface area contributed by atoms with Crippen LogP contribution < -0.4 is 0 Å². The lowest BCUT2D eigenvalue weighted by molar-refractivity contribution is 0.0769. The van der Waals surface area contributed by atoms with Gasteiger partial charge in [-0.1, -0.05) is 20.3 Å². The van der Waals surface area contributed by atoms with Gasteiger partial charge in [-0.05, 0) is 18.1 Å². The van der Waals surface area contributed by atoms with E-state index in [1.54, 1.807) is 24.1 Å². The van der Waals surface area contributed by atoms with Crippen LogP contribution in [0.1, 0.15) is 36.3 Å². The van der Waals surface area contributed by atoms with Crippen molar-refractivity contribution in [1.82, 2.24) is 9.88 Å². The number of hydrogen-bond donors (Lipinski definition) is 0. The van der Waals surface area contributed by atoms with E-state index in [9.17, 15) is 4.79 Å². The van der Waals surface area contributed by atoms with Gasteiger partial charge in [0.2, 0.25) is 0 Å². The summed E-state index contributed by atoms with van der Waals surface area (Å²) in [6.07, 6.45) is 2.46. The van der Waals surface area contributed by atoms with Crippen LogP contribution in [0.5, 0.6) is 0 Å². The summed E-state index contributed by atoms with van der Waals surface area (Å²) in [5.74, 6) is 0.372. The number of amides is 1. The third-order valence-corrected chi connectivity index (χ3v) is 2.74. The molecular formula is C13H17N3O. The molecule has 1 atom stereocenters. The van der Waals surface area contributed by atoms with Gasteiger partial charge in [-0.15, -0.1) is 0 Å². The van der Waals surface area contributed by atoms with Crippen LogP contribution in [0.25, 0.3) is 0 Å². The molecule has 1 amide bonds. The molecule has 0 aliphatic carbocycles. The maximum atomic E-state index is 12.0. The third kappa shape index (κ3) is 3.56. The molecule has 1 aromatic heterocycles. The van der Waals surface area contributed by atoms with Gasteiger partial charge in [-0.25, -0.2) is 4.98 Å². The monoisotopic (exact) mass is 231 g/mol. The Labute approximate surface area is 102 Å². The van der Waals surface area contributed by atoms with Crippen LogP contribution in [0.3, 0.4) is 0 Å². The topological polar surface area (TPSA) is 57.0 Å². The fourth-order valence-corrected chi connectivity index (χ4v) is 1.46. The van der Waals surface area contributed by atoms with Gasteiger partial charge in [-0.3, -0.25) is 4.79 Å². The van der Waals surface area contributed by atoms with Gasteiger partial charge in [-0.2, -0.15) is 5.26 Å². The number of nitrogens with zero attached hydrogens (tertiary/aromatic N) is 3. The highest BCUT2D eigenvalue weighted by atomic mass is 16.2. The molecule has 0 saturated heterocycles. The predicted molar refractivity (Wildman–Crippen MR) is 65.4 cm³/mol. The van der Waals surface area contributed by atoms with Crippen LogP contribution in [0.2, 0.25) is 0 Å². The molecule has 90 valence electrons. The number of pyridine rings is 1. The Morgan fingerprint density at radius 2 is 2.29 bits per heavy atom. The normalized spacial score (nSPS) is 11.6. The Morgan fingerprint density at radius 1 is 1.59 bits per heavy atom. The first-order valence-corrected chi connectivity index (χ1v) is 5.70. The fraction of sp³-hybridized carbons (Fsp3) is 0.462. The molecule has 0 spiro atoms. The molecule has 0 bridgehead atoms. The molecule has 0 saturated carbocycles. The lowest BCUT2D eigenvalue weighted by atomic mass is 10.1. The third-order valence-electron chi connectivity index (χ3n) is 2.74. The number of rotatable bonds is 4. The molecule has 4 heteroatoms. The van der Waals surface area contributed by atoms with Gasteiger partial charge in [0.25, 0.3) is 5.91 Å². The van der Waals surface area contributed by atoms with Crippen LogP contribution in [0.15, 0.2) is 18.3 Å². The van der Waals surface area contributed by atoms with Crippen LogP contribution in [0.4, 0.5) is 0 Å². The van der Waals surface area contributed by atoms with E-state index in [1.807, 2.05) is 6.07 Å². The van der Waals surface area contributed by atoms with Crippen molar-refractivity contribution in [2.75, 3.05) is 13.6 Å². The number of carbonyl (C=O) groups excluding carboxylic acids is 1. The van der Waals surface area contributed by atoms with E-state index in [1.165, 1.54) is 6.20 Å². The Hall–Kier alpha value is -1.89. The molecule has 0 N–H and O–H groups in total. The Morgan fingerprint density at radius 3 is 2.76 bits per heavy atom. The molecule has 0 aliphatic rings. The Kier molecular flexibility index (Phi) is 4.65. The van der Waals surface area contributed by atoms with Crippen molar-refractivity contribution in [3.8, 4) is 6.07 Å². The second-order valence-corrected chi connectivity index (χ2v) is 4.24. The number of aromatic nitrogens is 1. The SMILES string of the molecule is CCC(C)CN(C)C(=O)c1ccc(C#N)cn1. The molecule has 1 rings (SSSR count). The fourth-order valence-electron chi connectivity index (χ4n) is 1.46. The van der Waals surface area contributed by atoms with Gasteiger partial charge < -0.3 is 4.90 Å². The van der Waals surface area contributed by atoms with Crippen molar-refractivity contribution in [3.05, 3.63) is 29.6 Å². The average Bonchev–Trinajstić information content (AvgIpc) is 2.37. The minimum absolute atomic E-state index is 0.102. The van der Waals surface area contributed by atoms with E-state index in [0.717, 1.165) is 13.0 Å². The van der Waals surface area contributed by atoms with Crippen molar-refractivity contribution >= 4 is 5.91 Å². The number of carbonyl (C=O) groups is 1. The first kappa shape index (κ1) is 13.2. The van der Waals surface area contributed by atoms with Crippen molar-refractivity contribution in [1.29, 1.82) is 5.26 Å². The molecule has 1 aromatic rings. The van der Waals surface area contributed by atoms with Gasteiger partial charge in [0.05, 0.1) is 5.56 Å². The van der Waals surface area contributed by atoms with Crippen molar-refractivity contribution in [2.45, 2.75) is 20.3 Å². The largest absolute Gasteiger partial charge is 0.340 e. The zero-order chi connectivity index (χ0) is 12.8. The number of hydrogen-bond acceptors (Lipinski definition) is 3. The van der Waals surface area contributed by atoms with Crippen molar-refractivity contribution < 1.29 is 4.79 Å². The summed E-state index contributed by atoms with van der Waals surface area (Å²) >= 11 is 0. The van der Waals surface area contributed by atoms with E-state index in [-0.39, 0.29) is 5.91 Å². The molecule has 0 radical (unpaired) electrons. The zero-order valence-corrected chi connectivity index (χ0v) is 10.5. The summed E-state index contributed by atoms with van der Waals surface area (Å²) in [4.78, 5) is 17.6. The van der Waals surface area contributed by atoms with E-state index >= 15 is 0 Å². The number of nitriles is 1. The summed E-state index contributed by atoms with van der Waals surface area (Å²) in [5.41, 5.74) is 0.848. The van der Waals surface area contributed by atoms with Crippen molar-refractivity contribution in [3.63, 3.8) is 0 Å². The van der Waals surface area contributed by atoms with E-state index in [4.69, 9.17) is 5.26 Å². The second-order valence-electron chi connectivity index (χ2n) is 4.24. The van der Waals surface area contributed by atoms with E-state index in [0.29, 0.717) is 17.2 Å². The molecule has 1 unspecified atom stereocenters. The Bertz CT molecular complexity index is 419. The van der Waals surface area contributed by atoms with Gasteiger partial charge in [0.1, 0.15) is 11.8 Å². The molecule has 0 fully saturated rings. The van der Waals surface area contributed by atoms with Crippen molar-refractivity contribution in [2.24, 2.45) is 5.92 Å². The summed E-state index contributed by atoms with van der Waals surface area (Å²) in [6, 6.07) is 5.18. The quantitative estimate of drug-likeness (QED) is 0.797. The zero-order valence-electron chi connectivity index (χ0n) is 10.5. The van der Waals surface area contributed by atoms with Crippen LogP contribution >= 0.6 is 0 Å². The summed E-state index contributed by atoms with van der Waals surface area (Å²) < 4.78 is 0.